The molecule has 0 aliphatic rings. The van der Waals surface area contributed by atoms with Crippen LogP contribution in [0.4, 0.5) is 5.69 Å². The molecule has 2 aromatic rings. The molecule has 24 heavy (non-hydrogen) atoms. The predicted octanol–water partition coefficient (Wildman–Crippen LogP) is 3.52. The van der Waals surface area contributed by atoms with E-state index in [2.05, 4.69) is 15.8 Å². The van der Waals surface area contributed by atoms with Crippen LogP contribution < -0.4 is 10.7 Å². The van der Waals surface area contributed by atoms with Gasteiger partial charge in [0, 0.05) is 22.6 Å². The second kappa shape index (κ2) is 8.88. The molecule has 2 aromatic carbocycles. The summed E-state index contributed by atoms with van der Waals surface area (Å²) in [5.41, 5.74) is 4.53. The molecule has 0 aromatic heterocycles. The molecule has 0 saturated carbocycles. The Morgan fingerprint density at radius 3 is 2.33 bits per heavy atom. The van der Waals surface area contributed by atoms with Gasteiger partial charge in [-0.25, -0.2) is 5.43 Å². The van der Waals surface area contributed by atoms with Gasteiger partial charge in [0.2, 0.25) is 5.91 Å². The third-order valence-electron chi connectivity index (χ3n) is 3.25. The van der Waals surface area contributed by atoms with Crippen molar-refractivity contribution >= 4 is 35.5 Å². The quantitative estimate of drug-likeness (QED) is 0.480. The van der Waals surface area contributed by atoms with Crippen LogP contribution in [0.1, 0.15) is 29.3 Å². The number of anilines is 1. The molecule has 0 fully saturated rings. The van der Waals surface area contributed by atoms with Crippen LogP contribution in [0.3, 0.4) is 0 Å². The number of thioether (sulfide) groups is 1. The molecule has 0 spiro atoms. The van der Waals surface area contributed by atoms with E-state index in [-0.39, 0.29) is 11.8 Å². The highest BCUT2D eigenvalue weighted by Crippen LogP contribution is 2.14. The van der Waals surface area contributed by atoms with E-state index in [9.17, 15) is 9.59 Å². The topological polar surface area (TPSA) is 70.6 Å². The summed E-state index contributed by atoms with van der Waals surface area (Å²) in [5.74, 6) is -0.371. The van der Waals surface area contributed by atoms with Crippen molar-refractivity contribution in [1.29, 1.82) is 0 Å². The minimum absolute atomic E-state index is 0.0655. The van der Waals surface area contributed by atoms with Gasteiger partial charge in [0.15, 0.2) is 0 Å². The van der Waals surface area contributed by atoms with Crippen molar-refractivity contribution in [3.8, 4) is 0 Å². The largest absolute Gasteiger partial charge is 0.326 e. The predicted molar refractivity (Wildman–Crippen MR) is 98.6 cm³/mol. The highest BCUT2D eigenvalue weighted by Gasteiger charge is 2.05. The van der Waals surface area contributed by atoms with E-state index in [0.717, 1.165) is 5.56 Å². The van der Waals surface area contributed by atoms with E-state index in [1.165, 1.54) is 4.90 Å². The van der Waals surface area contributed by atoms with Gasteiger partial charge in [-0.1, -0.05) is 19.1 Å². The van der Waals surface area contributed by atoms with Gasteiger partial charge in [0.05, 0.1) is 6.21 Å². The van der Waals surface area contributed by atoms with Crippen LogP contribution in [0.25, 0.3) is 0 Å². The maximum absolute atomic E-state index is 12.0. The summed E-state index contributed by atoms with van der Waals surface area (Å²) in [7, 11) is 0. The summed E-state index contributed by atoms with van der Waals surface area (Å²) < 4.78 is 0. The number of rotatable bonds is 6. The third-order valence-corrected chi connectivity index (χ3v) is 3.99. The van der Waals surface area contributed by atoms with Gasteiger partial charge in [0.25, 0.3) is 5.91 Å². The molecule has 2 amide bonds. The molecular weight excluding hydrogens is 322 g/mol. The summed E-state index contributed by atoms with van der Waals surface area (Å²) in [6, 6.07) is 14.5. The average molecular weight is 341 g/mol. The summed E-state index contributed by atoms with van der Waals surface area (Å²) in [4.78, 5) is 24.5. The maximum Gasteiger partial charge on any atom is 0.271 e. The van der Waals surface area contributed by atoms with Crippen LogP contribution >= 0.6 is 11.8 Å². The molecule has 5 nitrogen and oxygen atoms in total. The summed E-state index contributed by atoms with van der Waals surface area (Å²) in [6.45, 7) is 1.78. The molecule has 0 atom stereocenters. The van der Waals surface area contributed by atoms with Gasteiger partial charge in [-0.2, -0.15) is 5.10 Å². The number of carbonyl (C=O) groups excluding carboxylic acids is 2. The van der Waals surface area contributed by atoms with Crippen molar-refractivity contribution in [3.63, 3.8) is 0 Å². The number of hydrogen-bond acceptors (Lipinski definition) is 4. The second-order valence-electron chi connectivity index (χ2n) is 4.95. The molecule has 0 bridgehead atoms. The third kappa shape index (κ3) is 5.24. The van der Waals surface area contributed by atoms with Crippen LogP contribution in [0, 0.1) is 0 Å². The van der Waals surface area contributed by atoms with Crippen molar-refractivity contribution in [2.24, 2.45) is 5.10 Å². The Morgan fingerprint density at radius 1 is 1.08 bits per heavy atom. The van der Waals surface area contributed by atoms with Gasteiger partial charge in [-0.3, -0.25) is 9.59 Å². The first-order chi connectivity index (χ1) is 11.6. The van der Waals surface area contributed by atoms with Crippen LogP contribution in [0.5, 0.6) is 0 Å². The zero-order valence-corrected chi connectivity index (χ0v) is 14.4. The first-order valence-electron chi connectivity index (χ1n) is 7.49. The van der Waals surface area contributed by atoms with Crippen molar-refractivity contribution in [2.75, 3.05) is 11.6 Å². The lowest BCUT2D eigenvalue weighted by Crippen LogP contribution is -2.17. The van der Waals surface area contributed by atoms with Crippen molar-refractivity contribution in [3.05, 3.63) is 59.7 Å². The standard InChI is InChI=1S/C18H19N3O2S/c1-3-17(22)20-15-8-6-14(7-9-15)18(23)21-19-12-13-4-10-16(24-2)11-5-13/h4-12H,3H2,1-2H3,(H,20,22)(H,21,23)/b19-12-. The molecule has 2 rings (SSSR count). The Kier molecular flexibility index (Phi) is 6.57. The second-order valence-corrected chi connectivity index (χ2v) is 5.83. The zero-order valence-electron chi connectivity index (χ0n) is 13.6. The zero-order chi connectivity index (χ0) is 17.4. The molecule has 2 N–H and O–H groups in total. The van der Waals surface area contributed by atoms with E-state index < -0.39 is 0 Å². The number of nitrogens with zero attached hydrogens (tertiary/aromatic N) is 1. The number of hydrogen-bond donors (Lipinski definition) is 2. The van der Waals surface area contributed by atoms with Gasteiger partial charge in [-0.05, 0) is 48.2 Å². The molecule has 124 valence electrons. The maximum atomic E-state index is 12.0. The van der Waals surface area contributed by atoms with E-state index in [4.69, 9.17) is 0 Å². The fraction of sp³-hybridized carbons (Fsp3) is 0.167. The molecule has 0 unspecified atom stereocenters. The van der Waals surface area contributed by atoms with Gasteiger partial charge in [-0.15, -0.1) is 11.8 Å². The van der Waals surface area contributed by atoms with Crippen molar-refractivity contribution in [2.45, 2.75) is 18.2 Å². The van der Waals surface area contributed by atoms with Crippen molar-refractivity contribution in [1.82, 2.24) is 5.43 Å². The van der Waals surface area contributed by atoms with E-state index in [1.807, 2.05) is 30.5 Å². The van der Waals surface area contributed by atoms with Crippen LogP contribution in [-0.2, 0) is 4.79 Å². The highest BCUT2D eigenvalue weighted by molar-refractivity contribution is 7.98. The van der Waals surface area contributed by atoms with Gasteiger partial charge >= 0.3 is 0 Å². The first kappa shape index (κ1) is 17.7. The van der Waals surface area contributed by atoms with Crippen molar-refractivity contribution < 1.29 is 9.59 Å². The fourth-order valence-electron chi connectivity index (χ4n) is 1.87. The molecule has 0 aliphatic carbocycles. The van der Waals surface area contributed by atoms with Crippen LogP contribution in [0.15, 0.2) is 58.5 Å². The number of nitrogens with one attached hydrogen (secondary N) is 2. The summed E-state index contributed by atoms with van der Waals surface area (Å²) >= 11 is 1.67. The lowest BCUT2D eigenvalue weighted by Gasteiger charge is -2.04. The minimum Gasteiger partial charge on any atom is -0.326 e. The Balaban J connectivity index is 1.91. The fourth-order valence-corrected chi connectivity index (χ4v) is 2.28. The van der Waals surface area contributed by atoms with E-state index in [1.54, 1.807) is 49.2 Å². The van der Waals surface area contributed by atoms with Gasteiger partial charge < -0.3 is 5.32 Å². The number of hydrazone groups is 1. The lowest BCUT2D eigenvalue weighted by atomic mass is 10.2. The highest BCUT2D eigenvalue weighted by atomic mass is 32.2. The molecular formula is C18H19N3O2S. The number of amides is 2. The number of benzene rings is 2. The van der Waals surface area contributed by atoms with E-state index >= 15 is 0 Å². The lowest BCUT2D eigenvalue weighted by molar-refractivity contribution is -0.115. The summed E-state index contributed by atoms with van der Waals surface area (Å²) in [6.07, 6.45) is 4.02. The smallest absolute Gasteiger partial charge is 0.271 e. The Bertz CT molecular complexity index is 725. The summed E-state index contributed by atoms with van der Waals surface area (Å²) in [5, 5.41) is 6.69. The first-order valence-corrected chi connectivity index (χ1v) is 8.72. The van der Waals surface area contributed by atoms with Gasteiger partial charge in [0.1, 0.15) is 0 Å². The van der Waals surface area contributed by atoms with E-state index in [0.29, 0.717) is 17.7 Å². The molecule has 0 saturated heterocycles. The average Bonchev–Trinajstić information content (AvgIpc) is 2.62. The number of carbonyl (C=O) groups is 2. The Labute approximate surface area is 145 Å². The monoisotopic (exact) mass is 341 g/mol. The van der Waals surface area contributed by atoms with Crippen LogP contribution in [0.2, 0.25) is 0 Å². The minimum atomic E-state index is -0.305. The Morgan fingerprint density at radius 2 is 1.75 bits per heavy atom. The molecule has 0 heterocycles. The Hall–Kier alpha value is -2.60. The SMILES string of the molecule is CCC(=O)Nc1ccc(C(=O)N/N=C\c2ccc(SC)cc2)cc1. The van der Waals surface area contributed by atoms with Crippen LogP contribution in [-0.4, -0.2) is 24.3 Å². The normalized spacial score (nSPS) is 10.6. The molecule has 6 heteroatoms. The molecule has 0 radical (unpaired) electrons. The molecule has 0 aliphatic heterocycles.